The van der Waals surface area contributed by atoms with Gasteiger partial charge >= 0.3 is 11.9 Å². The molecule has 0 unspecified atom stereocenters. The van der Waals surface area contributed by atoms with Gasteiger partial charge in [-0.15, -0.1) is 0 Å². The van der Waals surface area contributed by atoms with E-state index in [-0.39, 0.29) is 11.8 Å². The summed E-state index contributed by atoms with van der Waals surface area (Å²) in [4.78, 5) is 32.8. The van der Waals surface area contributed by atoms with E-state index in [0.29, 0.717) is 5.92 Å². The van der Waals surface area contributed by atoms with Crippen molar-refractivity contribution < 1.29 is 24.6 Å². The molecule has 2 rings (SSSR count). The van der Waals surface area contributed by atoms with Gasteiger partial charge in [-0.1, -0.05) is 43.7 Å². The number of carboxylic acid groups (broad SMARTS) is 2. The van der Waals surface area contributed by atoms with Crippen LogP contribution in [-0.4, -0.2) is 52.6 Å². The van der Waals surface area contributed by atoms with E-state index >= 15 is 0 Å². The van der Waals surface area contributed by atoms with Crippen molar-refractivity contribution in [1.29, 1.82) is 0 Å². The molecule has 0 aliphatic carbocycles. The fourth-order valence-electron chi connectivity index (χ4n) is 2.93. The van der Waals surface area contributed by atoms with Gasteiger partial charge in [0, 0.05) is 19.0 Å². The van der Waals surface area contributed by atoms with E-state index in [9.17, 15) is 4.79 Å². The normalized spacial score (nSPS) is 14.9. The Hall–Kier alpha value is -2.41. The average Bonchev–Trinajstić information content (AvgIpc) is 2.64. The molecular weight excluding hydrogens is 360 g/mol. The van der Waals surface area contributed by atoms with Crippen LogP contribution in [0.4, 0.5) is 0 Å². The predicted octanol–water partition coefficient (Wildman–Crippen LogP) is 2.52. The fourth-order valence-corrected chi connectivity index (χ4v) is 2.93. The highest BCUT2D eigenvalue weighted by atomic mass is 16.4. The topological polar surface area (TPSA) is 107 Å². The molecule has 1 saturated heterocycles. The lowest BCUT2D eigenvalue weighted by Gasteiger charge is -2.31. The second-order valence-corrected chi connectivity index (χ2v) is 7.62. The number of amides is 1. The third-order valence-corrected chi connectivity index (χ3v) is 4.69. The third kappa shape index (κ3) is 9.50. The van der Waals surface area contributed by atoms with Crippen LogP contribution in [0, 0.1) is 18.8 Å². The molecule has 1 aliphatic rings. The number of piperidine rings is 1. The summed E-state index contributed by atoms with van der Waals surface area (Å²) >= 11 is 0. The summed E-state index contributed by atoms with van der Waals surface area (Å²) in [6.07, 6.45) is 3.04. The third-order valence-electron chi connectivity index (χ3n) is 4.69. The van der Waals surface area contributed by atoms with Gasteiger partial charge in [-0.05, 0) is 50.8 Å². The molecule has 0 spiro atoms. The molecule has 7 nitrogen and oxygen atoms in total. The van der Waals surface area contributed by atoms with Crippen LogP contribution in [0.3, 0.4) is 0 Å². The van der Waals surface area contributed by atoms with Gasteiger partial charge in [0.05, 0.1) is 0 Å². The van der Waals surface area contributed by atoms with Crippen molar-refractivity contribution in [2.45, 2.75) is 46.6 Å². The Kier molecular flexibility index (Phi) is 10.2. The molecule has 1 fully saturated rings. The Balaban J connectivity index is 0.000000568. The lowest BCUT2D eigenvalue weighted by Crippen LogP contribution is -2.40. The van der Waals surface area contributed by atoms with E-state index in [1.54, 1.807) is 0 Å². The maximum Gasteiger partial charge on any atom is 0.414 e. The van der Waals surface area contributed by atoms with Crippen LogP contribution in [0.1, 0.15) is 44.2 Å². The first kappa shape index (κ1) is 23.6. The van der Waals surface area contributed by atoms with Crippen molar-refractivity contribution in [2.24, 2.45) is 11.8 Å². The maximum absolute atomic E-state index is 12.2. The predicted molar refractivity (Wildman–Crippen MR) is 107 cm³/mol. The molecular formula is C21H32N2O5. The van der Waals surface area contributed by atoms with Crippen molar-refractivity contribution in [1.82, 2.24) is 10.2 Å². The molecule has 3 N–H and O–H groups in total. The lowest BCUT2D eigenvalue weighted by molar-refractivity contribution is -0.159. The number of hydrogen-bond acceptors (Lipinski definition) is 4. The molecule has 156 valence electrons. The van der Waals surface area contributed by atoms with Crippen molar-refractivity contribution in [3.63, 3.8) is 0 Å². The molecule has 0 aromatic heterocycles. The Morgan fingerprint density at radius 1 is 1.07 bits per heavy atom. The Bertz CT molecular complexity index is 623. The zero-order valence-electron chi connectivity index (χ0n) is 17.0. The van der Waals surface area contributed by atoms with Crippen LogP contribution in [-0.2, 0) is 20.9 Å². The molecule has 1 aliphatic heterocycles. The minimum Gasteiger partial charge on any atom is -0.473 e. The number of nitrogens with zero attached hydrogens (tertiary/aromatic N) is 1. The molecule has 28 heavy (non-hydrogen) atoms. The molecule has 7 heteroatoms. The van der Waals surface area contributed by atoms with Crippen molar-refractivity contribution in [3.8, 4) is 0 Å². The smallest absolute Gasteiger partial charge is 0.414 e. The van der Waals surface area contributed by atoms with Gasteiger partial charge in [0.15, 0.2) is 0 Å². The molecule has 1 amide bonds. The maximum atomic E-state index is 12.2. The number of carbonyl (C=O) groups excluding carboxylic acids is 1. The van der Waals surface area contributed by atoms with Gasteiger partial charge in [0.1, 0.15) is 0 Å². The number of hydrogen-bond donors (Lipinski definition) is 3. The van der Waals surface area contributed by atoms with Crippen molar-refractivity contribution >= 4 is 17.8 Å². The summed E-state index contributed by atoms with van der Waals surface area (Å²) in [5.41, 5.74) is 2.67. The number of likely N-dealkylation sites (tertiary alicyclic amines) is 1. The zero-order chi connectivity index (χ0) is 21.1. The number of carbonyl (C=O) groups is 3. The van der Waals surface area contributed by atoms with E-state index in [4.69, 9.17) is 19.8 Å². The number of benzene rings is 1. The minimum atomic E-state index is -1.82. The zero-order valence-corrected chi connectivity index (χ0v) is 17.0. The van der Waals surface area contributed by atoms with Crippen LogP contribution in [0.5, 0.6) is 0 Å². The molecule has 1 aromatic rings. The molecule has 0 radical (unpaired) electrons. The van der Waals surface area contributed by atoms with E-state index < -0.39 is 11.9 Å². The Morgan fingerprint density at radius 3 is 2.07 bits per heavy atom. The van der Waals surface area contributed by atoms with E-state index in [1.165, 1.54) is 11.1 Å². The molecule has 1 heterocycles. The number of carboxylic acids is 2. The second kappa shape index (κ2) is 12.1. The number of nitrogens with one attached hydrogen (secondary N) is 1. The highest BCUT2D eigenvalue weighted by Crippen LogP contribution is 2.19. The van der Waals surface area contributed by atoms with Gasteiger partial charge in [-0.2, -0.15) is 0 Å². The van der Waals surface area contributed by atoms with Crippen LogP contribution in [0.2, 0.25) is 0 Å². The van der Waals surface area contributed by atoms with Gasteiger partial charge in [-0.3, -0.25) is 9.69 Å². The van der Waals surface area contributed by atoms with Crippen LogP contribution in [0.15, 0.2) is 24.3 Å². The molecule has 1 aromatic carbocycles. The highest BCUT2D eigenvalue weighted by molar-refractivity contribution is 6.27. The second-order valence-electron chi connectivity index (χ2n) is 7.62. The summed E-state index contributed by atoms with van der Waals surface area (Å²) < 4.78 is 0. The van der Waals surface area contributed by atoms with Crippen LogP contribution < -0.4 is 5.32 Å². The van der Waals surface area contributed by atoms with Crippen molar-refractivity contribution in [3.05, 3.63) is 35.4 Å². The highest BCUT2D eigenvalue weighted by Gasteiger charge is 2.24. The summed E-state index contributed by atoms with van der Waals surface area (Å²) in [5.74, 6) is -2.53. The Labute approximate surface area is 166 Å². The SMILES string of the molecule is Cc1ccc(CN2CCC(C(=O)NCCC(C)C)CC2)cc1.O=C(O)C(=O)O. The van der Waals surface area contributed by atoms with Crippen LogP contribution >= 0.6 is 0 Å². The minimum absolute atomic E-state index is 0.210. The summed E-state index contributed by atoms with van der Waals surface area (Å²) in [5, 5.41) is 17.9. The van der Waals surface area contributed by atoms with Gasteiger partial charge in [0.25, 0.3) is 0 Å². The first-order chi connectivity index (χ1) is 13.2. The lowest BCUT2D eigenvalue weighted by atomic mass is 9.95. The average molecular weight is 392 g/mol. The first-order valence-electron chi connectivity index (χ1n) is 9.70. The van der Waals surface area contributed by atoms with Gasteiger partial charge < -0.3 is 15.5 Å². The monoisotopic (exact) mass is 392 g/mol. The van der Waals surface area contributed by atoms with E-state index in [2.05, 4.69) is 55.3 Å². The number of aryl methyl sites for hydroxylation is 1. The number of rotatable bonds is 6. The largest absolute Gasteiger partial charge is 0.473 e. The number of aliphatic carboxylic acids is 2. The fraction of sp³-hybridized carbons (Fsp3) is 0.571. The van der Waals surface area contributed by atoms with Gasteiger partial charge in [-0.25, -0.2) is 9.59 Å². The standard InChI is InChI=1S/C19H30N2O.C2H2O4/c1-15(2)8-11-20-19(22)18-9-12-21(13-10-18)14-17-6-4-16(3)5-7-17;3-1(4)2(5)6/h4-7,15,18H,8-14H2,1-3H3,(H,20,22);(H,3,4)(H,5,6). The quantitative estimate of drug-likeness (QED) is 0.642. The summed E-state index contributed by atoms with van der Waals surface area (Å²) in [6.45, 7) is 10.4. The summed E-state index contributed by atoms with van der Waals surface area (Å²) in [7, 11) is 0. The summed E-state index contributed by atoms with van der Waals surface area (Å²) in [6, 6.07) is 8.76. The Morgan fingerprint density at radius 2 is 1.61 bits per heavy atom. The first-order valence-corrected chi connectivity index (χ1v) is 9.70. The molecule has 0 atom stereocenters. The van der Waals surface area contributed by atoms with Crippen molar-refractivity contribution in [2.75, 3.05) is 19.6 Å². The van der Waals surface area contributed by atoms with Gasteiger partial charge in [0.2, 0.25) is 5.91 Å². The molecule has 0 bridgehead atoms. The van der Waals surface area contributed by atoms with Crippen LogP contribution in [0.25, 0.3) is 0 Å². The molecule has 0 saturated carbocycles. The van der Waals surface area contributed by atoms with E-state index in [0.717, 1.165) is 45.4 Å². The van der Waals surface area contributed by atoms with E-state index in [1.807, 2.05) is 0 Å².